The molecule has 1 amide bonds. The first kappa shape index (κ1) is 21.4. The van der Waals surface area contributed by atoms with E-state index in [0.29, 0.717) is 11.4 Å². The summed E-state index contributed by atoms with van der Waals surface area (Å²) in [4.78, 5) is 12.2. The smallest absolute Gasteiger partial charge is 0.387 e. The average molecular weight is 409 g/mol. The normalized spacial score (nSPS) is 11.5. The average Bonchev–Trinajstić information content (AvgIpc) is 2.64. The van der Waals surface area contributed by atoms with E-state index in [0.717, 1.165) is 11.1 Å². The van der Waals surface area contributed by atoms with Crippen LogP contribution in [0, 0.1) is 13.8 Å². The highest BCUT2D eigenvalue weighted by molar-refractivity contribution is 7.80. The molecule has 0 aromatic heterocycles. The van der Waals surface area contributed by atoms with Crippen molar-refractivity contribution < 1.29 is 23.0 Å². The van der Waals surface area contributed by atoms with Crippen LogP contribution in [-0.4, -0.2) is 23.7 Å². The Bertz CT molecular complexity index is 832. The van der Waals surface area contributed by atoms with Gasteiger partial charge >= 0.3 is 6.61 Å². The Kier molecular flexibility index (Phi) is 7.51. The van der Waals surface area contributed by atoms with Crippen LogP contribution in [0.15, 0.2) is 42.5 Å². The zero-order valence-electron chi connectivity index (χ0n) is 15.6. The topological polar surface area (TPSA) is 71.6 Å². The SMILES string of the molecule is Cc1cccc(O[C@H](C)C(=O)NNC(=S)Nc2ccc(OC(F)F)cc2)c1C. The van der Waals surface area contributed by atoms with Crippen LogP contribution in [0.4, 0.5) is 14.5 Å². The molecule has 0 bridgehead atoms. The maximum Gasteiger partial charge on any atom is 0.387 e. The van der Waals surface area contributed by atoms with E-state index >= 15 is 0 Å². The summed E-state index contributed by atoms with van der Waals surface area (Å²) in [5.41, 5.74) is 7.58. The third-order valence-corrected chi connectivity index (χ3v) is 4.07. The van der Waals surface area contributed by atoms with Gasteiger partial charge in [-0.1, -0.05) is 12.1 Å². The molecule has 0 saturated carbocycles. The van der Waals surface area contributed by atoms with Gasteiger partial charge in [-0.2, -0.15) is 8.78 Å². The minimum atomic E-state index is -2.88. The molecule has 0 fully saturated rings. The van der Waals surface area contributed by atoms with Crippen molar-refractivity contribution in [3.8, 4) is 11.5 Å². The van der Waals surface area contributed by atoms with E-state index in [1.807, 2.05) is 26.0 Å². The first-order chi connectivity index (χ1) is 13.3. The van der Waals surface area contributed by atoms with Gasteiger partial charge in [0.1, 0.15) is 11.5 Å². The summed E-state index contributed by atoms with van der Waals surface area (Å²) in [6.07, 6.45) is -0.749. The Morgan fingerprint density at radius 1 is 1.04 bits per heavy atom. The Labute approximate surface area is 167 Å². The first-order valence-electron chi connectivity index (χ1n) is 8.41. The molecule has 9 heteroatoms. The molecule has 2 aromatic rings. The molecule has 0 aliphatic carbocycles. The van der Waals surface area contributed by atoms with Crippen molar-refractivity contribution in [3.05, 3.63) is 53.6 Å². The zero-order chi connectivity index (χ0) is 20.7. The fourth-order valence-electron chi connectivity index (χ4n) is 2.20. The molecule has 1 atom stereocenters. The molecular formula is C19H21F2N3O3S. The lowest BCUT2D eigenvalue weighted by molar-refractivity contribution is -0.127. The zero-order valence-corrected chi connectivity index (χ0v) is 16.4. The Hall–Kier alpha value is -2.94. The lowest BCUT2D eigenvalue weighted by Crippen LogP contribution is -2.48. The number of carbonyl (C=O) groups excluding carboxylic acids is 1. The Morgan fingerprint density at radius 2 is 1.71 bits per heavy atom. The largest absolute Gasteiger partial charge is 0.481 e. The van der Waals surface area contributed by atoms with Crippen LogP contribution in [0.25, 0.3) is 0 Å². The monoisotopic (exact) mass is 409 g/mol. The van der Waals surface area contributed by atoms with E-state index in [-0.39, 0.29) is 10.9 Å². The summed E-state index contributed by atoms with van der Waals surface area (Å²) in [7, 11) is 0. The number of anilines is 1. The van der Waals surface area contributed by atoms with Gasteiger partial charge in [-0.15, -0.1) is 0 Å². The van der Waals surface area contributed by atoms with Crippen LogP contribution in [0.3, 0.4) is 0 Å². The van der Waals surface area contributed by atoms with Gasteiger partial charge in [-0.3, -0.25) is 15.6 Å². The molecule has 0 aliphatic heterocycles. The number of hydrogen-bond donors (Lipinski definition) is 3. The number of amides is 1. The Balaban J connectivity index is 1.81. The van der Waals surface area contributed by atoms with Crippen molar-refractivity contribution >= 4 is 28.9 Å². The number of carbonyl (C=O) groups is 1. The van der Waals surface area contributed by atoms with Gasteiger partial charge in [-0.25, -0.2) is 0 Å². The van der Waals surface area contributed by atoms with Gasteiger partial charge < -0.3 is 14.8 Å². The number of alkyl halides is 2. The number of nitrogens with one attached hydrogen (secondary N) is 3. The molecule has 28 heavy (non-hydrogen) atoms. The highest BCUT2D eigenvalue weighted by Gasteiger charge is 2.16. The number of ether oxygens (including phenoxy) is 2. The number of halogens is 2. The second-order valence-corrected chi connectivity index (χ2v) is 6.34. The van der Waals surface area contributed by atoms with Gasteiger partial charge in [0.2, 0.25) is 0 Å². The molecule has 0 spiro atoms. The molecular weight excluding hydrogens is 388 g/mol. The van der Waals surface area contributed by atoms with E-state index in [1.54, 1.807) is 13.0 Å². The number of benzene rings is 2. The van der Waals surface area contributed by atoms with Crippen LogP contribution >= 0.6 is 12.2 Å². The van der Waals surface area contributed by atoms with Crippen molar-refractivity contribution in [1.29, 1.82) is 0 Å². The van der Waals surface area contributed by atoms with Crippen molar-refractivity contribution in [2.45, 2.75) is 33.5 Å². The minimum Gasteiger partial charge on any atom is -0.481 e. The standard InChI is InChI=1S/C19H21F2N3O3S/c1-11-5-4-6-16(12(11)2)26-13(3)17(25)23-24-19(28)22-14-7-9-15(10-8-14)27-18(20)21/h4-10,13,18H,1-3H3,(H,23,25)(H2,22,24,28)/t13-/m1/s1. The van der Waals surface area contributed by atoms with Crippen LogP contribution < -0.4 is 25.6 Å². The second-order valence-electron chi connectivity index (χ2n) is 5.93. The molecule has 2 rings (SSSR count). The lowest BCUT2D eigenvalue weighted by atomic mass is 10.1. The summed E-state index contributed by atoms with van der Waals surface area (Å²) in [6.45, 7) is 2.62. The quantitative estimate of drug-likeness (QED) is 0.499. The molecule has 6 nitrogen and oxygen atoms in total. The molecule has 0 unspecified atom stereocenters. The molecule has 3 N–H and O–H groups in total. The summed E-state index contributed by atoms with van der Waals surface area (Å²) >= 11 is 5.08. The predicted molar refractivity (Wildman–Crippen MR) is 107 cm³/mol. The highest BCUT2D eigenvalue weighted by atomic mass is 32.1. The summed E-state index contributed by atoms with van der Waals surface area (Å²) < 4.78 is 34.2. The van der Waals surface area contributed by atoms with E-state index in [2.05, 4.69) is 20.9 Å². The molecule has 0 saturated heterocycles. The summed E-state index contributed by atoms with van der Waals surface area (Å²) in [6, 6.07) is 11.4. The second kappa shape index (κ2) is 9.84. The molecule has 0 heterocycles. The number of thiocarbonyl (C=S) groups is 1. The van der Waals surface area contributed by atoms with Gasteiger partial charge in [0.15, 0.2) is 11.2 Å². The van der Waals surface area contributed by atoms with Crippen molar-refractivity contribution in [3.63, 3.8) is 0 Å². The van der Waals surface area contributed by atoms with Gasteiger partial charge in [0.05, 0.1) is 0 Å². The minimum absolute atomic E-state index is 0.0325. The van der Waals surface area contributed by atoms with Crippen LogP contribution in [0.2, 0.25) is 0 Å². The Morgan fingerprint density at radius 3 is 2.36 bits per heavy atom. The third kappa shape index (κ3) is 6.34. The lowest BCUT2D eigenvalue weighted by Gasteiger charge is -2.18. The maximum atomic E-state index is 12.2. The van der Waals surface area contributed by atoms with Crippen LogP contribution in [-0.2, 0) is 4.79 Å². The number of rotatable bonds is 6. The maximum absolute atomic E-state index is 12.2. The predicted octanol–water partition coefficient (Wildman–Crippen LogP) is 3.69. The van der Waals surface area contributed by atoms with Crippen LogP contribution in [0.1, 0.15) is 18.1 Å². The first-order valence-corrected chi connectivity index (χ1v) is 8.81. The van der Waals surface area contributed by atoms with Gasteiger partial charge in [0.25, 0.3) is 5.91 Å². The highest BCUT2D eigenvalue weighted by Crippen LogP contribution is 2.21. The number of aryl methyl sites for hydroxylation is 1. The van der Waals surface area contributed by atoms with E-state index in [1.165, 1.54) is 24.3 Å². The molecule has 150 valence electrons. The van der Waals surface area contributed by atoms with E-state index in [4.69, 9.17) is 17.0 Å². The van der Waals surface area contributed by atoms with Crippen molar-refractivity contribution in [2.75, 3.05) is 5.32 Å². The summed E-state index contributed by atoms with van der Waals surface area (Å²) in [5.74, 6) is 0.255. The molecule has 0 radical (unpaired) electrons. The fourth-order valence-corrected chi connectivity index (χ4v) is 2.37. The van der Waals surface area contributed by atoms with Gasteiger partial charge in [-0.05, 0) is 74.4 Å². The van der Waals surface area contributed by atoms with Gasteiger partial charge in [0, 0.05) is 5.69 Å². The van der Waals surface area contributed by atoms with Crippen molar-refractivity contribution in [2.24, 2.45) is 0 Å². The molecule has 2 aromatic carbocycles. The fraction of sp³-hybridized carbons (Fsp3) is 0.263. The number of hydrazine groups is 1. The number of hydrogen-bond acceptors (Lipinski definition) is 4. The van der Waals surface area contributed by atoms with Crippen molar-refractivity contribution in [1.82, 2.24) is 10.9 Å². The van der Waals surface area contributed by atoms with Crippen LogP contribution in [0.5, 0.6) is 11.5 Å². The van der Waals surface area contributed by atoms with E-state index in [9.17, 15) is 13.6 Å². The molecule has 0 aliphatic rings. The van der Waals surface area contributed by atoms with E-state index < -0.39 is 18.6 Å². The summed E-state index contributed by atoms with van der Waals surface area (Å²) in [5, 5.41) is 2.92. The third-order valence-electron chi connectivity index (χ3n) is 3.86.